The van der Waals surface area contributed by atoms with Gasteiger partial charge in [-0.3, -0.25) is 9.59 Å². The lowest BCUT2D eigenvalue weighted by Crippen LogP contribution is -2.34. The molecule has 7 nitrogen and oxygen atoms in total. The van der Waals surface area contributed by atoms with Crippen LogP contribution in [0.1, 0.15) is 28.4 Å². The molecule has 0 bridgehead atoms. The number of hydrogen-bond acceptors (Lipinski definition) is 7. The fourth-order valence-corrected chi connectivity index (χ4v) is 3.02. The van der Waals surface area contributed by atoms with Crippen molar-refractivity contribution in [3.63, 3.8) is 0 Å². The highest BCUT2D eigenvalue weighted by Gasteiger charge is 2.32. The van der Waals surface area contributed by atoms with Crippen LogP contribution in [0.3, 0.4) is 0 Å². The lowest BCUT2D eigenvalue weighted by atomic mass is 9.93. The average molecular weight is 445 g/mol. The molecule has 0 heterocycles. The second-order valence-corrected chi connectivity index (χ2v) is 9.20. The van der Waals surface area contributed by atoms with Crippen molar-refractivity contribution in [1.82, 2.24) is 0 Å². The first kappa shape index (κ1) is 24.1. The Morgan fingerprint density at radius 1 is 1.00 bits per heavy atom. The number of aliphatic hydroxyl groups is 1. The summed E-state index contributed by atoms with van der Waals surface area (Å²) >= 11 is 0. The molecule has 31 heavy (non-hydrogen) atoms. The third kappa shape index (κ3) is 7.55. The van der Waals surface area contributed by atoms with Crippen molar-refractivity contribution in [3.05, 3.63) is 65.2 Å². The van der Waals surface area contributed by atoms with Gasteiger partial charge in [-0.2, -0.15) is 0 Å². The minimum atomic E-state index is -3.07. The molecule has 0 aromatic heterocycles. The van der Waals surface area contributed by atoms with E-state index in [9.17, 15) is 23.1 Å². The zero-order valence-corrected chi connectivity index (χ0v) is 18.3. The van der Waals surface area contributed by atoms with Crippen molar-refractivity contribution in [2.24, 2.45) is 5.92 Å². The van der Waals surface area contributed by atoms with E-state index in [0.717, 1.165) is 18.9 Å². The van der Waals surface area contributed by atoms with Gasteiger partial charge in [0.25, 0.3) is 0 Å². The SMILES string of the molecule is COC(=O)[C@H](C(=O)c1ccc(C#Cc2ccc(OCCS(C)(=O)=O)cc2)cc1)[C@@H](C)O. The maximum Gasteiger partial charge on any atom is 0.319 e. The Labute approximate surface area is 181 Å². The number of methoxy groups -OCH3 is 1. The van der Waals surface area contributed by atoms with Gasteiger partial charge in [0, 0.05) is 22.9 Å². The summed E-state index contributed by atoms with van der Waals surface area (Å²) in [4.78, 5) is 24.3. The highest BCUT2D eigenvalue weighted by Crippen LogP contribution is 2.16. The molecular weight excluding hydrogens is 420 g/mol. The van der Waals surface area contributed by atoms with Crippen molar-refractivity contribution in [2.75, 3.05) is 25.7 Å². The molecule has 0 amide bonds. The average Bonchev–Trinajstić information content (AvgIpc) is 2.72. The van der Waals surface area contributed by atoms with Gasteiger partial charge in [-0.05, 0) is 43.3 Å². The van der Waals surface area contributed by atoms with Crippen molar-refractivity contribution in [3.8, 4) is 17.6 Å². The van der Waals surface area contributed by atoms with Gasteiger partial charge < -0.3 is 14.6 Å². The molecule has 2 aromatic rings. The predicted molar refractivity (Wildman–Crippen MR) is 116 cm³/mol. The van der Waals surface area contributed by atoms with E-state index in [1.807, 2.05) is 0 Å². The molecule has 2 aromatic carbocycles. The second kappa shape index (κ2) is 10.8. The van der Waals surface area contributed by atoms with E-state index in [4.69, 9.17) is 4.74 Å². The van der Waals surface area contributed by atoms with E-state index >= 15 is 0 Å². The molecule has 2 rings (SSSR count). The van der Waals surface area contributed by atoms with Crippen LogP contribution in [0, 0.1) is 17.8 Å². The fourth-order valence-electron chi connectivity index (χ4n) is 2.64. The number of ketones is 1. The molecular formula is C23H24O7S. The molecule has 0 fully saturated rings. The fraction of sp³-hybridized carbons (Fsp3) is 0.304. The van der Waals surface area contributed by atoms with Crippen LogP contribution in [0.4, 0.5) is 0 Å². The van der Waals surface area contributed by atoms with Crippen LogP contribution in [-0.4, -0.2) is 57.1 Å². The minimum Gasteiger partial charge on any atom is -0.493 e. The third-order valence-electron chi connectivity index (χ3n) is 4.32. The molecule has 2 atom stereocenters. The molecule has 0 radical (unpaired) electrons. The molecule has 0 spiro atoms. The van der Waals surface area contributed by atoms with Crippen molar-refractivity contribution in [2.45, 2.75) is 13.0 Å². The first-order valence-electron chi connectivity index (χ1n) is 9.43. The zero-order chi connectivity index (χ0) is 23.0. The van der Waals surface area contributed by atoms with E-state index in [-0.39, 0.29) is 17.9 Å². The van der Waals surface area contributed by atoms with Gasteiger partial charge in [0.15, 0.2) is 15.6 Å². The van der Waals surface area contributed by atoms with E-state index in [2.05, 4.69) is 16.6 Å². The molecule has 0 saturated heterocycles. The van der Waals surface area contributed by atoms with Gasteiger partial charge >= 0.3 is 5.97 Å². The Morgan fingerprint density at radius 2 is 1.52 bits per heavy atom. The normalized spacial score (nSPS) is 12.8. The minimum absolute atomic E-state index is 0.0509. The summed E-state index contributed by atoms with van der Waals surface area (Å²) in [5.74, 6) is 3.88. The number of sulfone groups is 1. The number of ether oxygens (including phenoxy) is 2. The number of aliphatic hydroxyl groups excluding tert-OH is 1. The van der Waals surface area contributed by atoms with Crippen molar-refractivity contribution < 1.29 is 32.6 Å². The van der Waals surface area contributed by atoms with Crippen LogP contribution in [0.15, 0.2) is 48.5 Å². The Hall–Kier alpha value is -3.15. The first-order valence-corrected chi connectivity index (χ1v) is 11.5. The molecule has 0 saturated carbocycles. The number of carbonyl (C=O) groups is 2. The number of benzene rings is 2. The van der Waals surface area contributed by atoms with Crippen LogP contribution < -0.4 is 4.74 Å². The molecule has 164 valence electrons. The quantitative estimate of drug-likeness (QED) is 0.287. The summed E-state index contributed by atoms with van der Waals surface area (Å²) in [6.07, 6.45) is -0.0139. The highest BCUT2D eigenvalue weighted by molar-refractivity contribution is 7.90. The third-order valence-corrected chi connectivity index (χ3v) is 5.23. The van der Waals surface area contributed by atoms with Crippen LogP contribution in [0.25, 0.3) is 0 Å². The lowest BCUT2D eigenvalue weighted by Gasteiger charge is -2.16. The van der Waals surface area contributed by atoms with Gasteiger partial charge in [-0.25, -0.2) is 8.42 Å². The van der Waals surface area contributed by atoms with Gasteiger partial charge in [-0.15, -0.1) is 0 Å². The topological polar surface area (TPSA) is 107 Å². The molecule has 0 aliphatic rings. The van der Waals surface area contributed by atoms with Gasteiger partial charge in [-0.1, -0.05) is 24.0 Å². The summed E-state index contributed by atoms with van der Waals surface area (Å²) in [6, 6.07) is 13.3. The lowest BCUT2D eigenvalue weighted by molar-refractivity contribution is -0.146. The van der Waals surface area contributed by atoms with Crippen LogP contribution >= 0.6 is 0 Å². The summed E-state index contributed by atoms with van der Waals surface area (Å²) in [7, 11) is -1.90. The van der Waals surface area contributed by atoms with E-state index in [0.29, 0.717) is 11.3 Å². The number of Topliss-reactive ketones (excluding diaryl/α,β-unsaturated/α-hetero) is 1. The predicted octanol–water partition coefficient (Wildman–Crippen LogP) is 1.86. The highest BCUT2D eigenvalue weighted by atomic mass is 32.2. The molecule has 0 aliphatic carbocycles. The molecule has 8 heteroatoms. The molecule has 0 aliphatic heterocycles. The largest absolute Gasteiger partial charge is 0.493 e. The standard InChI is InChI=1S/C23H24O7S/c1-16(24)21(23(26)29-2)22(25)19-10-6-17(7-11-19)4-5-18-8-12-20(13-9-18)30-14-15-31(3,27)28/h6-13,16,21,24H,14-15H2,1-3H3/t16-,21+/m1/s1. The number of rotatable bonds is 8. The Kier molecular flexibility index (Phi) is 8.37. The van der Waals surface area contributed by atoms with Gasteiger partial charge in [0.05, 0.1) is 19.0 Å². The Bertz CT molecular complexity index is 1070. The maximum absolute atomic E-state index is 12.5. The Balaban J connectivity index is 2.04. The maximum atomic E-state index is 12.5. The smallest absolute Gasteiger partial charge is 0.319 e. The first-order chi connectivity index (χ1) is 14.6. The van der Waals surface area contributed by atoms with Gasteiger partial charge in [0.1, 0.15) is 18.3 Å². The van der Waals surface area contributed by atoms with E-state index in [1.54, 1.807) is 48.5 Å². The Morgan fingerprint density at radius 3 is 1.97 bits per heavy atom. The summed E-state index contributed by atoms with van der Waals surface area (Å²) in [5, 5.41) is 9.73. The van der Waals surface area contributed by atoms with Gasteiger partial charge in [0.2, 0.25) is 0 Å². The van der Waals surface area contributed by atoms with E-state index < -0.39 is 33.6 Å². The second-order valence-electron chi connectivity index (χ2n) is 6.94. The zero-order valence-electron chi connectivity index (χ0n) is 17.5. The monoisotopic (exact) mass is 444 g/mol. The number of esters is 1. The summed E-state index contributed by atoms with van der Waals surface area (Å²) < 4.78 is 32.2. The van der Waals surface area contributed by atoms with Crippen molar-refractivity contribution >= 4 is 21.6 Å². The van der Waals surface area contributed by atoms with Crippen LogP contribution in [-0.2, 0) is 19.4 Å². The van der Waals surface area contributed by atoms with Crippen LogP contribution in [0.5, 0.6) is 5.75 Å². The number of hydrogen-bond donors (Lipinski definition) is 1. The molecule has 0 unspecified atom stereocenters. The summed E-state index contributed by atoms with van der Waals surface area (Å²) in [5.41, 5.74) is 1.67. The number of carbonyl (C=O) groups excluding carboxylic acids is 2. The van der Waals surface area contributed by atoms with Crippen molar-refractivity contribution in [1.29, 1.82) is 0 Å². The molecule has 1 N–H and O–H groups in total. The van der Waals surface area contributed by atoms with Crippen LogP contribution in [0.2, 0.25) is 0 Å². The van der Waals surface area contributed by atoms with E-state index in [1.165, 1.54) is 6.92 Å². The summed E-state index contributed by atoms with van der Waals surface area (Å²) in [6.45, 7) is 1.45.